The van der Waals surface area contributed by atoms with Gasteiger partial charge in [-0.05, 0) is 150 Å². The standard InChI is InChI=1S/C78H52N4/c1-3-19-53(20-4-1)54-33-35-57(36-34-54)72-52-61(78-77(60-21-5-2-6-22-60)81-75-31-13-14-32-76(75)82-78)45-46-71(72)70-28-12-11-27-69(70)64-50-62(67-25-9-7-23-65(67)55-37-41-58(42-38-55)73-29-15-17-47-79-73)49-63(51-64)68-26-10-8-24-66(68)56-39-43-59(44-40-56)74-30-16-18-48-80-74/h1-52H. The van der Waals surface area contributed by atoms with Crippen LogP contribution < -0.4 is 0 Å². The summed E-state index contributed by atoms with van der Waals surface area (Å²) in [6.07, 6.45) is 3.69. The van der Waals surface area contributed by atoms with Gasteiger partial charge in [0.15, 0.2) is 0 Å². The van der Waals surface area contributed by atoms with Crippen LogP contribution in [0.4, 0.5) is 0 Å². The van der Waals surface area contributed by atoms with E-state index in [1.807, 2.05) is 67.0 Å². The Hall–Kier alpha value is -10.9. The van der Waals surface area contributed by atoms with Crippen molar-refractivity contribution in [2.75, 3.05) is 0 Å². The highest BCUT2D eigenvalue weighted by atomic mass is 14.8. The van der Waals surface area contributed by atoms with Crippen LogP contribution in [0.3, 0.4) is 0 Å². The van der Waals surface area contributed by atoms with E-state index in [2.05, 4.69) is 259 Å². The number of pyridine rings is 2. The Morgan fingerprint density at radius 3 is 0.951 bits per heavy atom. The third-order valence-electron chi connectivity index (χ3n) is 15.5. The summed E-state index contributed by atoms with van der Waals surface area (Å²) in [5.41, 5.74) is 27.5. The lowest BCUT2D eigenvalue weighted by molar-refractivity contribution is 1.29. The fourth-order valence-corrected chi connectivity index (χ4v) is 11.4. The van der Waals surface area contributed by atoms with Gasteiger partial charge in [-0.3, -0.25) is 9.97 Å². The maximum atomic E-state index is 5.38. The Kier molecular flexibility index (Phi) is 13.3. The number of para-hydroxylation sites is 2. The summed E-state index contributed by atoms with van der Waals surface area (Å²) in [6, 6.07) is 108. The van der Waals surface area contributed by atoms with Crippen LogP contribution in [-0.4, -0.2) is 19.9 Å². The topological polar surface area (TPSA) is 51.6 Å². The maximum Gasteiger partial charge on any atom is 0.0973 e. The zero-order chi connectivity index (χ0) is 54.6. The van der Waals surface area contributed by atoms with Gasteiger partial charge in [-0.25, -0.2) is 9.97 Å². The van der Waals surface area contributed by atoms with Gasteiger partial charge >= 0.3 is 0 Å². The number of benzene rings is 11. The van der Waals surface area contributed by atoms with E-state index in [9.17, 15) is 0 Å². The molecule has 0 aliphatic carbocycles. The minimum absolute atomic E-state index is 0.833. The minimum Gasteiger partial charge on any atom is -0.256 e. The average molecular weight is 1050 g/mol. The molecule has 0 spiro atoms. The van der Waals surface area contributed by atoms with Crippen LogP contribution in [-0.2, 0) is 0 Å². The van der Waals surface area contributed by atoms with Gasteiger partial charge in [0.2, 0.25) is 0 Å². The third-order valence-corrected chi connectivity index (χ3v) is 15.5. The maximum absolute atomic E-state index is 5.38. The lowest BCUT2D eigenvalue weighted by Crippen LogP contribution is -1.97. The van der Waals surface area contributed by atoms with E-state index < -0.39 is 0 Å². The third kappa shape index (κ3) is 9.87. The second kappa shape index (κ2) is 22.1. The molecule has 0 bridgehead atoms. The molecular formula is C78H52N4. The SMILES string of the molecule is c1ccc(-c2ccc(-c3cc(-c4nc5ccccc5nc4-c4ccccc4)ccc3-c3ccccc3-c3cc(-c4ccccc4-c4ccc(-c5ccccn5)cc4)cc(-c4ccccc4-c4ccc(-c5ccccn5)cc4)c3)cc2)cc1. The molecule has 3 heterocycles. The van der Waals surface area contributed by atoms with E-state index in [0.717, 1.165) is 140 Å². The molecule has 3 aromatic heterocycles. The Morgan fingerprint density at radius 2 is 0.488 bits per heavy atom. The van der Waals surface area contributed by atoms with Gasteiger partial charge in [-0.2, -0.15) is 0 Å². The highest BCUT2D eigenvalue weighted by Crippen LogP contribution is 2.46. The molecule has 14 aromatic rings. The molecule has 0 N–H and O–H groups in total. The van der Waals surface area contributed by atoms with Crippen LogP contribution in [0, 0.1) is 0 Å². The van der Waals surface area contributed by atoms with Gasteiger partial charge < -0.3 is 0 Å². The molecule has 82 heavy (non-hydrogen) atoms. The summed E-state index contributed by atoms with van der Waals surface area (Å²) in [4.78, 5) is 20.0. The van der Waals surface area contributed by atoms with Gasteiger partial charge in [0.25, 0.3) is 0 Å². The number of fused-ring (bicyclic) bond motifs is 1. The van der Waals surface area contributed by atoms with E-state index in [1.165, 1.54) is 5.56 Å². The van der Waals surface area contributed by atoms with Crippen LogP contribution in [0.2, 0.25) is 0 Å². The predicted octanol–water partition coefficient (Wildman–Crippen LogP) is 20.4. The Labute approximate surface area is 478 Å². The van der Waals surface area contributed by atoms with Crippen molar-refractivity contribution in [2.45, 2.75) is 0 Å². The zero-order valence-corrected chi connectivity index (χ0v) is 44.8. The molecule has 0 unspecified atom stereocenters. The molecule has 0 fully saturated rings. The summed E-state index contributed by atoms with van der Waals surface area (Å²) in [5, 5.41) is 0. The van der Waals surface area contributed by atoms with Crippen LogP contribution in [0.1, 0.15) is 0 Å². The Bertz CT molecular complexity index is 4420. The molecule has 0 radical (unpaired) electrons. The first-order valence-electron chi connectivity index (χ1n) is 27.8. The number of hydrogen-bond donors (Lipinski definition) is 0. The van der Waals surface area contributed by atoms with Crippen molar-refractivity contribution in [1.82, 2.24) is 19.9 Å². The molecule has 0 saturated carbocycles. The lowest BCUT2D eigenvalue weighted by Gasteiger charge is -2.20. The molecule has 11 aromatic carbocycles. The van der Waals surface area contributed by atoms with Gasteiger partial charge in [0.05, 0.1) is 33.8 Å². The molecule has 0 atom stereocenters. The largest absolute Gasteiger partial charge is 0.256 e. The molecule has 14 rings (SSSR count). The number of rotatable bonds is 12. The number of aromatic nitrogens is 4. The van der Waals surface area contributed by atoms with E-state index in [4.69, 9.17) is 9.97 Å². The molecule has 0 amide bonds. The van der Waals surface area contributed by atoms with E-state index in [1.54, 1.807) is 0 Å². The summed E-state index contributed by atoms with van der Waals surface area (Å²) >= 11 is 0. The molecule has 0 aliphatic heterocycles. The van der Waals surface area contributed by atoms with Crippen LogP contribution >= 0.6 is 0 Å². The summed E-state index contributed by atoms with van der Waals surface area (Å²) < 4.78 is 0. The highest BCUT2D eigenvalue weighted by Gasteiger charge is 2.21. The van der Waals surface area contributed by atoms with Crippen molar-refractivity contribution in [3.05, 3.63) is 316 Å². The van der Waals surface area contributed by atoms with Crippen molar-refractivity contribution >= 4 is 11.0 Å². The fourth-order valence-electron chi connectivity index (χ4n) is 11.4. The van der Waals surface area contributed by atoms with Gasteiger partial charge in [-0.1, -0.05) is 243 Å². The van der Waals surface area contributed by atoms with Crippen LogP contribution in [0.5, 0.6) is 0 Å². The molecule has 384 valence electrons. The van der Waals surface area contributed by atoms with E-state index in [-0.39, 0.29) is 0 Å². The first kappa shape index (κ1) is 49.4. The first-order chi connectivity index (χ1) is 40.6. The van der Waals surface area contributed by atoms with Crippen molar-refractivity contribution in [1.29, 1.82) is 0 Å². The smallest absolute Gasteiger partial charge is 0.0973 e. The quantitative estimate of drug-likeness (QED) is 0.122. The fraction of sp³-hybridized carbons (Fsp3) is 0. The second-order valence-corrected chi connectivity index (χ2v) is 20.5. The normalized spacial score (nSPS) is 11.2. The van der Waals surface area contributed by atoms with Crippen molar-refractivity contribution in [2.24, 2.45) is 0 Å². The highest BCUT2D eigenvalue weighted by molar-refractivity contribution is 5.98. The number of nitrogens with zero attached hydrogens (tertiary/aromatic N) is 4. The van der Waals surface area contributed by atoms with Crippen molar-refractivity contribution in [3.63, 3.8) is 0 Å². The van der Waals surface area contributed by atoms with Gasteiger partial charge in [0, 0.05) is 34.6 Å². The first-order valence-corrected chi connectivity index (χ1v) is 27.8. The summed E-state index contributed by atoms with van der Waals surface area (Å²) in [7, 11) is 0. The second-order valence-electron chi connectivity index (χ2n) is 20.5. The van der Waals surface area contributed by atoms with Crippen LogP contribution in [0.15, 0.2) is 316 Å². The van der Waals surface area contributed by atoms with E-state index >= 15 is 0 Å². The molecule has 0 saturated heterocycles. The predicted molar refractivity (Wildman–Crippen MR) is 340 cm³/mol. The van der Waals surface area contributed by atoms with Gasteiger partial charge in [0.1, 0.15) is 0 Å². The van der Waals surface area contributed by atoms with Crippen LogP contribution in [0.25, 0.3) is 145 Å². The molecule has 4 nitrogen and oxygen atoms in total. The Morgan fingerprint density at radius 1 is 0.171 bits per heavy atom. The van der Waals surface area contributed by atoms with Crippen molar-refractivity contribution < 1.29 is 0 Å². The van der Waals surface area contributed by atoms with Gasteiger partial charge in [-0.15, -0.1) is 0 Å². The van der Waals surface area contributed by atoms with Crippen molar-refractivity contribution in [3.8, 4) is 134 Å². The number of hydrogen-bond acceptors (Lipinski definition) is 4. The summed E-state index contributed by atoms with van der Waals surface area (Å²) in [6.45, 7) is 0. The monoisotopic (exact) mass is 1040 g/mol. The molecular weight excluding hydrogens is 993 g/mol. The summed E-state index contributed by atoms with van der Waals surface area (Å²) in [5.74, 6) is 0. The zero-order valence-electron chi connectivity index (χ0n) is 44.8. The Balaban J connectivity index is 0.960. The lowest BCUT2D eigenvalue weighted by atomic mass is 9.84. The van der Waals surface area contributed by atoms with E-state index in [0.29, 0.717) is 0 Å². The average Bonchev–Trinajstić information content (AvgIpc) is 3.38. The molecule has 0 aliphatic rings. The minimum atomic E-state index is 0.833. The molecule has 4 heteroatoms.